The summed E-state index contributed by atoms with van der Waals surface area (Å²) >= 11 is 0. The summed E-state index contributed by atoms with van der Waals surface area (Å²) in [5.74, 6) is 3.84. The molecule has 0 amide bonds. The summed E-state index contributed by atoms with van der Waals surface area (Å²) in [4.78, 5) is 2.86. The van der Waals surface area contributed by atoms with E-state index in [0.29, 0.717) is 5.92 Å². The van der Waals surface area contributed by atoms with Gasteiger partial charge in [-0.05, 0) is 81.5 Å². The van der Waals surface area contributed by atoms with Crippen molar-refractivity contribution in [3.8, 4) is 5.75 Å². The average Bonchev–Trinajstić information content (AvgIpc) is 2.96. The van der Waals surface area contributed by atoms with Crippen molar-refractivity contribution in [3.63, 3.8) is 0 Å². The fourth-order valence-corrected chi connectivity index (χ4v) is 5.77. The van der Waals surface area contributed by atoms with Gasteiger partial charge >= 0.3 is 0 Å². The third kappa shape index (κ3) is 3.22. The summed E-state index contributed by atoms with van der Waals surface area (Å²) in [7, 11) is 1.81. The number of rotatable bonds is 3. The van der Waals surface area contributed by atoms with Gasteiger partial charge in [0.05, 0.1) is 7.11 Å². The van der Waals surface area contributed by atoms with Crippen LogP contribution in [0.1, 0.15) is 68.4 Å². The molecular weight excluding hydrogens is 294 g/mol. The topological polar surface area (TPSA) is 12.5 Å². The number of fused-ring (bicyclic) bond motifs is 2. The Labute approximate surface area is 147 Å². The van der Waals surface area contributed by atoms with Crippen LogP contribution in [0, 0.1) is 18.8 Å². The van der Waals surface area contributed by atoms with Crippen molar-refractivity contribution in [3.05, 3.63) is 29.3 Å². The molecule has 3 fully saturated rings. The number of ether oxygens (including phenoxy) is 1. The van der Waals surface area contributed by atoms with Crippen LogP contribution in [0.4, 0.5) is 0 Å². The minimum Gasteiger partial charge on any atom is -0.496 e. The minimum absolute atomic E-state index is 0.679. The fraction of sp³-hybridized carbons (Fsp3) is 0.727. The third-order valence-electron chi connectivity index (χ3n) is 7.06. The van der Waals surface area contributed by atoms with Crippen LogP contribution in [0.3, 0.4) is 0 Å². The molecular formula is C22H33NO. The maximum Gasteiger partial charge on any atom is 0.122 e. The second-order valence-corrected chi connectivity index (χ2v) is 8.49. The summed E-state index contributed by atoms with van der Waals surface area (Å²) < 4.78 is 5.64. The van der Waals surface area contributed by atoms with E-state index in [1.807, 2.05) is 7.11 Å². The number of hydrogen-bond donors (Lipinski definition) is 0. The van der Waals surface area contributed by atoms with Gasteiger partial charge in [0.2, 0.25) is 0 Å². The van der Waals surface area contributed by atoms with E-state index in [1.165, 1.54) is 75.6 Å². The molecule has 2 bridgehead atoms. The molecule has 1 aliphatic heterocycles. The molecule has 0 aromatic heterocycles. The van der Waals surface area contributed by atoms with Gasteiger partial charge in [-0.1, -0.05) is 37.0 Å². The lowest BCUT2D eigenvalue weighted by atomic mass is 9.85. The standard InChI is InChI=1S/C22H33NO/c1-16-6-9-22(24-2)20(14-16)18-10-12-23(13-11-18)21-5-3-4-17-7-8-19(21)15-17/h6,9,14,17-19,21H,3-5,7-8,10-13,15H2,1-2H3/t17-,19-,21-/m0/s1. The summed E-state index contributed by atoms with van der Waals surface area (Å²) in [6, 6.07) is 7.56. The number of likely N-dealkylation sites (tertiary alicyclic amines) is 1. The molecule has 1 aromatic rings. The Morgan fingerprint density at radius 3 is 2.62 bits per heavy atom. The van der Waals surface area contributed by atoms with Gasteiger partial charge in [-0.25, -0.2) is 0 Å². The van der Waals surface area contributed by atoms with Crippen molar-refractivity contribution in [2.75, 3.05) is 20.2 Å². The Balaban J connectivity index is 1.42. The molecule has 2 heteroatoms. The number of piperidine rings is 1. The first-order valence-electron chi connectivity index (χ1n) is 10.1. The van der Waals surface area contributed by atoms with Crippen molar-refractivity contribution in [2.45, 2.75) is 70.3 Å². The first-order chi connectivity index (χ1) is 11.7. The van der Waals surface area contributed by atoms with Gasteiger partial charge in [0.15, 0.2) is 0 Å². The van der Waals surface area contributed by atoms with E-state index in [9.17, 15) is 0 Å². The zero-order valence-corrected chi connectivity index (χ0v) is 15.5. The Kier molecular flexibility index (Phi) is 4.85. The molecule has 2 nitrogen and oxygen atoms in total. The summed E-state index contributed by atoms with van der Waals surface area (Å²) in [5, 5.41) is 0. The smallest absolute Gasteiger partial charge is 0.122 e. The molecule has 3 atom stereocenters. The van der Waals surface area contributed by atoms with Gasteiger partial charge in [0.25, 0.3) is 0 Å². The van der Waals surface area contributed by atoms with E-state index in [4.69, 9.17) is 4.74 Å². The van der Waals surface area contributed by atoms with Crippen LogP contribution < -0.4 is 4.74 Å². The van der Waals surface area contributed by atoms with Crippen LogP contribution in [-0.4, -0.2) is 31.1 Å². The molecule has 0 unspecified atom stereocenters. The quantitative estimate of drug-likeness (QED) is 0.761. The minimum atomic E-state index is 0.679. The summed E-state index contributed by atoms with van der Waals surface area (Å²) in [6.45, 7) is 4.77. The number of hydrogen-bond acceptors (Lipinski definition) is 2. The number of methoxy groups -OCH3 is 1. The van der Waals surface area contributed by atoms with Crippen LogP contribution in [0.15, 0.2) is 18.2 Å². The van der Waals surface area contributed by atoms with E-state index in [2.05, 4.69) is 30.0 Å². The maximum absolute atomic E-state index is 5.64. The fourth-order valence-electron chi connectivity index (χ4n) is 5.77. The molecule has 1 aromatic carbocycles. The monoisotopic (exact) mass is 327 g/mol. The van der Waals surface area contributed by atoms with Gasteiger partial charge in [-0.3, -0.25) is 0 Å². The number of nitrogens with zero attached hydrogens (tertiary/aromatic N) is 1. The highest BCUT2D eigenvalue weighted by atomic mass is 16.5. The molecule has 24 heavy (non-hydrogen) atoms. The Hall–Kier alpha value is -1.02. The van der Waals surface area contributed by atoms with Gasteiger partial charge in [0, 0.05) is 6.04 Å². The van der Waals surface area contributed by atoms with E-state index in [1.54, 1.807) is 0 Å². The first kappa shape index (κ1) is 16.4. The highest BCUT2D eigenvalue weighted by Crippen LogP contribution is 2.44. The van der Waals surface area contributed by atoms with Crippen molar-refractivity contribution in [1.82, 2.24) is 4.90 Å². The van der Waals surface area contributed by atoms with E-state index >= 15 is 0 Å². The third-order valence-corrected chi connectivity index (χ3v) is 7.06. The Morgan fingerprint density at radius 2 is 1.83 bits per heavy atom. The van der Waals surface area contributed by atoms with Crippen molar-refractivity contribution in [1.29, 1.82) is 0 Å². The van der Waals surface area contributed by atoms with Crippen LogP contribution in [0.25, 0.3) is 0 Å². The number of aryl methyl sites for hydroxylation is 1. The van der Waals surface area contributed by atoms with Gasteiger partial charge in [-0.2, -0.15) is 0 Å². The molecule has 1 saturated heterocycles. The predicted molar refractivity (Wildman–Crippen MR) is 99.7 cm³/mol. The molecule has 3 aliphatic rings. The lowest BCUT2D eigenvalue weighted by molar-refractivity contribution is 0.104. The van der Waals surface area contributed by atoms with Crippen LogP contribution in [-0.2, 0) is 0 Å². The lowest BCUT2D eigenvalue weighted by Gasteiger charge is -2.40. The molecule has 132 valence electrons. The molecule has 2 saturated carbocycles. The molecule has 0 radical (unpaired) electrons. The molecule has 4 rings (SSSR count). The van der Waals surface area contributed by atoms with Crippen LogP contribution >= 0.6 is 0 Å². The normalized spacial score (nSPS) is 31.8. The number of benzene rings is 1. The van der Waals surface area contributed by atoms with Crippen molar-refractivity contribution < 1.29 is 4.74 Å². The van der Waals surface area contributed by atoms with Crippen LogP contribution in [0.2, 0.25) is 0 Å². The van der Waals surface area contributed by atoms with Crippen molar-refractivity contribution >= 4 is 0 Å². The Bertz CT molecular complexity index is 561. The lowest BCUT2D eigenvalue weighted by Crippen LogP contribution is -2.44. The van der Waals surface area contributed by atoms with Crippen LogP contribution in [0.5, 0.6) is 5.75 Å². The summed E-state index contributed by atoms with van der Waals surface area (Å²) in [5.41, 5.74) is 2.80. The predicted octanol–water partition coefficient (Wildman–Crippen LogP) is 5.15. The van der Waals surface area contributed by atoms with Crippen molar-refractivity contribution in [2.24, 2.45) is 11.8 Å². The zero-order chi connectivity index (χ0) is 16.5. The first-order valence-corrected chi connectivity index (χ1v) is 10.1. The maximum atomic E-state index is 5.64. The molecule has 0 N–H and O–H groups in total. The SMILES string of the molecule is COc1ccc(C)cc1C1CCN([C@H]2CCC[C@H]3CC[C@H]2C3)CC1. The Morgan fingerprint density at radius 1 is 1.00 bits per heavy atom. The molecule has 0 spiro atoms. The second-order valence-electron chi connectivity index (χ2n) is 8.49. The zero-order valence-electron chi connectivity index (χ0n) is 15.5. The van der Waals surface area contributed by atoms with E-state index in [-0.39, 0.29) is 0 Å². The average molecular weight is 328 g/mol. The van der Waals surface area contributed by atoms with Gasteiger partial charge < -0.3 is 9.64 Å². The van der Waals surface area contributed by atoms with Gasteiger partial charge in [-0.15, -0.1) is 0 Å². The van der Waals surface area contributed by atoms with E-state index in [0.717, 1.165) is 23.6 Å². The molecule has 2 aliphatic carbocycles. The second kappa shape index (κ2) is 7.07. The largest absolute Gasteiger partial charge is 0.496 e. The summed E-state index contributed by atoms with van der Waals surface area (Å²) in [6.07, 6.45) is 11.6. The van der Waals surface area contributed by atoms with E-state index < -0.39 is 0 Å². The molecule has 1 heterocycles. The van der Waals surface area contributed by atoms with Gasteiger partial charge in [0.1, 0.15) is 5.75 Å². The highest BCUT2D eigenvalue weighted by Gasteiger charge is 2.37. The highest BCUT2D eigenvalue weighted by molar-refractivity contribution is 5.39.